The molecule has 0 bridgehead atoms. The summed E-state index contributed by atoms with van der Waals surface area (Å²) < 4.78 is -1.41. The number of likely N-dealkylation sites (tertiary alicyclic amines) is 1. The van der Waals surface area contributed by atoms with Crippen molar-refractivity contribution in [2.45, 2.75) is 55.6 Å². The number of likely N-dealkylation sites (N-methyl/N-ethyl adjacent to an activating group) is 1. The van der Waals surface area contributed by atoms with Gasteiger partial charge in [0.05, 0.1) is 16.6 Å². The van der Waals surface area contributed by atoms with Gasteiger partial charge in [-0.25, -0.2) is 0 Å². The Morgan fingerprint density at radius 1 is 0.973 bits per heavy atom. The molecule has 37 heavy (non-hydrogen) atoms. The van der Waals surface area contributed by atoms with E-state index in [2.05, 4.69) is 12.2 Å². The molecular formula is C29H37N3O4S. The van der Waals surface area contributed by atoms with Gasteiger partial charge in [0.25, 0.3) is 5.91 Å². The quantitative estimate of drug-likeness (QED) is 0.458. The van der Waals surface area contributed by atoms with Crippen LogP contribution in [0, 0.1) is 25.7 Å². The normalized spacial score (nSPS) is 32.9. The molecule has 1 unspecified atom stereocenters. The molecule has 5 atom stereocenters. The molecule has 1 aromatic carbocycles. The summed E-state index contributed by atoms with van der Waals surface area (Å²) in [6.45, 7) is 7.55. The van der Waals surface area contributed by atoms with Gasteiger partial charge in [-0.15, -0.1) is 11.8 Å². The molecular weight excluding hydrogens is 486 g/mol. The molecule has 2 saturated heterocycles. The fourth-order valence-electron chi connectivity index (χ4n) is 6.68. The van der Waals surface area contributed by atoms with Gasteiger partial charge in [-0.2, -0.15) is 0 Å². The predicted octanol–water partition coefficient (Wildman–Crippen LogP) is 3.08. The van der Waals surface area contributed by atoms with E-state index in [4.69, 9.17) is 0 Å². The fourth-order valence-corrected chi connectivity index (χ4v) is 8.84. The molecule has 0 aliphatic carbocycles. The lowest BCUT2D eigenvalue weighted by molar-refractivity contribution is -0.143. The van der Waals surface area contributed by atoms with Crippen molar-refractivity contribution in [3.8, 4) is 0 Å². The molecule has 0 saturated carbocycles. The van der Waals surface area contributed by atoms with E-state index in [1.165, 1.54) is 0 Å². The second kappa shape index (κ2) is 9.62. The van der Waals surface area contributed by atoms with Crippen LogP contribution in [0.2, 0.25) is 0 Å². The first-order chi connectivity index (χ1) is 17.6. The first-order valence-corrected chi connectivity index (χ1v) is 14.1. The van der Waals surface area contributed by atoms with Crippen LogP contribution in [0.25, 0.3) is 0 Å². The second-order valence-electron chi connectivity index (χ2n) is 11.1. The maximum Gasteiger partial charge on any atom is 0.251 e. The molecule has 1 N–H and O–H groups in total. The maximum absolute atomic E-state index is 14.5. The molecule has 198 valence electrons. The monoisotopic (exact) mass is 523 g/mol. The highest BCUT2D eigenvalue weighted by Gasteiger charge is 2.73. The molecule has 4 aliphatic heterocycles. The van der Waals surface area contributed by atoms with Crippen molar-refractivity contribution in [1.29, 1.82) is 0 Å². The molecule has 0 radical (unpaired) electrons. The van der Waals surface area contributed by atoms with Gasteiger partial charge in [-0.1, -0.05) is 36.4 Å². The molecule has 4 heterocycles. The number of aryl methyl sites for hydroxylation is 2. The van der Waals surface area contributed by atoms with Crippen molar-refractivity contribution in [2.24, 2.45) is 11.8 Å². The van der Waals surface area contributed by atoms with Crippen molar-refractivity contribution < 1.29 is 19.5 Å². The van der Waals surface area contributed by atoms with Crippen molar-refractivity contribution in [1.82, 2.24) is 9.80 Å². The molecule has 0 aromatic heterocycles. The first-order valence-electron chi connectivity index (χ1n) is 13.2. The zero-order valence-electron chi connectivity index (χ0n) is 22.1. The van der Waals surface area contributed by atoms with Crippen molar-refractivity contribution >= 4 is 35.2 Å². The summed E-state index contributed by atoms with van der Waals surface area (Å²) in [5.74, 6) is -1.38. The number of hydrogen-bond acceptors (Lipinski definition) is 5. The van der Waals surface area contributed by atoms with E-state index >= 15 is 0 Å². The minimum absolute atomic E-state index is 0.0346. The second-order valence-corrected chi connectivity index (χ2v) is 12.9. The third-order valence-corrected chi connectivity index (χ3v) is 10.3. The Bertz CT molecular complexity index is 1180. The Morgan fingerprint density at radius 3 is 2.49 bits per heavy atom. The van der Waals surface area contributed by atoms with E-state index < -0.39 is 27.4 Å². The molecule has 3 amide bonds. The Labute approximate surface area is 223 Å². The predicted molar refractivity (Wildman–Crippen MR) is 146 cm³/mol. The largest absolute Gasteiger partial charge is 0.396 e. The number of thioether (sulfide) groups is 1. The van der Waals surface area contributed by atoms with Crippen LogP contribution in [0.3, 0.4) is 0 Å². The lowest BCUT2D eigenvalue weighted by atomic mass is 9.74. The van der Waals surface area contributed by atoms with Crippen molar-refractivity contribution in [2.75, 3.05) is 38.2 Å². The summed E-state index contributed by atoms with van der Waals surface area (Å²) in [6, 6.07) is 5.41. The first kappa shape index (κ1) is 26.0. The number of carbonyl (C=O) groups is 3. The lowest BCUT2D eigenvalue weighted by Gasteiger charge is -2.37. The summed E-state index contributed by atoms with van der Waals surface area (Å²) >= 11 is 1.62. The highest BCUT2D eigenvalue weighted by Crippen LogP contribution is 2.65. The lowest BCUT2D eigenvalue weighted by Crippen LogP contribution is -2.53. The van der Waals surface area contributed by atoms with Gasteiger partial charge in [0.2, 0.25) is 11.8 Å². The molecule has 2 fully saturated rings. The Morgan fingerprint density at radius 2 is 1.73 bits per heavy atom. The summed E-state index contributed by atoms with van der Waals surface area (Å²) in [7, 11) is 1.79. The average molecular weight is 524 g/mol. The van der Waals surface area contributed by atoms with Crippen LogP contribution < -0.4 is 4.90 Å². The van der Waals surface area contributed by atoms with Gasteiger partial charge in [-0.05, 0) is 57.2 Å². The van der Waals surface area contributed by atoms with Crippen molar-refractivity contribution in [3.63, 3.8) is 0 Å². The van der Waals surface area contributed by atoms with Crippen LogP contribution >= 0.6 is 11.8 Å². The van der Waals surface area contributed by atoms with E-state index in [1.54, 1.807) is 28.6 Å². The summed E-state index contributed by atoms with van der Waals surface area (Å²) in [4.78, 5) is 47.7. The summed E-state index contributed by atoms with van der Waals surface area (Å²) in [5, 5.41) is 9.25. The number of carbonyl (C=O) groups excluding carboxylic acids is 3. The standard InChI is InChI=1S/C29H37N3O4S/c1-19-10-11-20(2)21(18-19)31-16-9-13-29-23(22-25(34)30(4)14-8-12-28(22,3)37-29)26(35)32(24(29)27(31)36)15-6-5-7-17-33/h8-13,18,22-24,33H,5-7,14-17H2,1-4H3/t22-,23-,24?,28+,29-/m0/s1. The van der Waals surface area contributed by atoms with Gasteiger partial charge in [-0.3, -0.25) is 14.4 Å². The minimum Gasteiger partial charge on any atom is -0.396 e. The number of aliphatic hydroxyl groups excluding tert-OH is 1. The highest BCUT2D eigenvalue weighted by atomic mass is 32.2. The summed E-state index contributed by atoms with van der Waals surface area (Å²) in [6.07, 6.45) is 10.3. The average Bonchev–Trinajstić information content (AvgIpc) is 3.13. The molecule has 8 heteroatoms. The Balaban J connectivity index is 1.62. The van der Waals surface area contributed by atoms with Gasteiger partial charge in [0.15, 0.2) is 0 Å². The van der Waals surface area contributed by atoms with Crippen molar-refractivity contribution in [3.05, 3.63) is 53.6 Å². The number of unbranched alkanes of at least 4 members (excludes halogenated alkanes) is 2. The molecule has 1 aromatic rings. The van der Waals surface area contributed by atoms with E-state index in [0.717, 1.165) is 23.2 Å². The Kier molecular flexibility index (Phi) is 6.77. The minimum atomic E-state index is -0.824. The third kappa shape index (κ3) is 4.04. The van der Waals surface area contributed by atoms with E-state index in [1.807, 2.05) is 56.0 Å². The van der Waals surface area contributed by atoms with Gasteiger partial charge < -0.3 is 19.8 Å². The number of benzene rings is 1. The number of fused-ring (bicyclic) bond motifs is 2. The van der Waals surface area contributed by atoms with Crippen LogP contribution in [0.5, 0.6) is 0 Å². The van der Waals surface area contributed by atoms with Gasteiger partial charge in [0, 0.05) is 43.7 Å². The topological polar surface area (TPSA) is 81.2 Å². The van der Waals surface area contributed by atoms with Crippen LogP contribution in [0.1, 0.15) is 37.3 Å². The summed E-state index contributed by atoms with van der Waals surface area (Å²) in [5.41, 5.74) is 2.94. The van der Waals surface area contributed by atoms with Gasteiger partial charge >= 0.3 is 0 Å². The number of amides is 3. The van der Waals surface area contributed by atoms with E-state index in [0.29, 0.717) is 32.5 Å². The smallest absolute Gasteiger partial charge is 0.251 e. The van der Waals surface area contributed by atoms with Gasteiger partial charge in [0.1, 0.15) is 6.04 Å². The molecule has 7 nitrogen and oxygen atoms in total. The third-order valence-electron chi connectivity index (χ3n) is 8.47. The number of anilines is 1. The molecule has 1 spiro atoms. The highest BCUT2D eigenvalue weighted by molar-refractivity contribution is 8.02. The number of aliphatic hydroxyl groups is 1. The van der Waals surface area contributed by atoms with Crippen LogP contribution in [0.4, 0.5) is 5.69 Å². The Hall–Kier alpha value is -2.58. The molecule has 5 rings (SSSR count). The zero-order chi connectivity index (χ0) is 26.5. The van der Waals surface area contributed by atoms with E-state index in [9.17, 15) is 19.5 Å². The van der Waals surface area contributed by atoms with Crippen LogP contribution in [-0.4, -0.2) is 81.5 Å². The van der Waals surface area contributed by atoms with Crippen LogP contribution in [-0.2, 0) is 14.4 Å². The van der Waals surface area contributed by atoms with E-state index in [-0.39, 0.29) is 24.3 Å². The maximum atomic E-state index is 14.5. The fraction of sp³-hybridized carbons (Fsp3) is 0.552. The molecule has 4 aliphatic rings. The number of rotatable bonds is 6. The zero-order valence-corrected chi connectivity index (χ0v) is 23.0. The number of hydrogen-bond donors (Lipinski definition) is 1. The SMILES string of the molecule is Cc1ccc(C)c(N2CC=C[C@]34S[C@]5(C)C=CCN(C)C(=O)[C@@H]5[C@H]3C(=O)N(CCCCCO)C4C2=O)c1. The number of nitrogens with zero attached hydrogens (tertiary/aromatic N) is 3. The van der Waals surface area contributed by atoms with Crippen LogP contribution in [0.15, 0.2) is 42.5 Å².